The summed E-state index contributed by atoms with van der Waals surface area (Å²) in [7, 11) is 0. The van der Waals surface area contributed by atoms with Gasteiger partial charge in [0.1, 0.15) is 0 Å². The van der Waals surface area contributed by atoms with Gasteiger partial charge in [0.05, 0.1) is 0 Å². The molecule has 0 fully saturated rings. The van der Waals surface area contributed by atoms with Crippen LogP contribution >= 0.6 is 0 Å². The molecular formula is C10H16OSn. The van der Waals surface area contributed by atoms with Gasteiger partial charge in [-0.25, -0.2) is 0 Å². The molecule has 2 heteroatoms. The summed E-state index contributed by atoms with van der Waals surface area (Å²) in [6.45, 7) is 4.34. The van der Waals surface area contributed by atoms with E-state index in [4.69, 9.17) is 0 Å². The molecule has 1 nitrogen and oxygen atoms in total. The third-order valence-corrected chi connectivity index (χ3v) is 5.14. The summed E-state index contributed by atoms with van der Waals surface area (Å²) in [4.78, 5) is 0. The predicted molar refractivity (Wildman–Crippen MR) is 55.6 cm³/mol. The van der Waals surface area contributed by atoms with Crippen molar-refractivity contribution in [1.82, 2.24) is 0 Å². The van der Waals surface area contributed by atoms with Crippen molar-refractivity contribution in [2.45, 2.75) is 26.7 Å². The van der Waals surface area contributed by atoms with Crippen LogP contribution in [-0.2, 0) is 12.8 Å². The van der Waals surface area contributed by atoms with Crippen molar-refractivity contribution < 1.29 is 3.44 Å². The summed E-state index contributed by atoms with van der Waals surface area (Å²) in [5.74, 6) is 0. The van der Waals surface area contributed by atoms with Crippen molar-refractivity contribution in [2.24, 2.45) is 0 Å². The standard InChI is InChI=1S/C10H13.H2O.Sn.2H/c1-3-9-7-5-6-8-10(9)4-2;;;;/h5-7H,3-4H2,1-2H3;1H2;;;/q;;+1;;/p-1. The fraction of sp³-hybridized carbons (Fsp3) is 0.400. The zero-order chi connectivity index (χ0) is 8.97. The second-order valence-electron chi connectivity index (χ2n) is 2.92. The van der Waals surface area contributed by atoms with Crippen LogP contribution in [0.2, 0.25) is 0 Å². The molecule has 1 aromatic carbocycles. The van der Waals surface area contributed by atoms with E-state index >= 15 is 0 Å². The van der Waals surface area contributed by atoms with Gasteiger partial charge in [0, 0.05) is 0 Å². The van der Waals surface area contributed by atoms with Gasteiger partial charge < -0.3 is 0 Å². The van der Waals surface area contributed by atoms with Crippen molar-refractivity contribution in [3.63, 3.8) is 0 Å². The number of hydrogen-bond donors (Lipinski definition) is 1. The van der Waals surface area contributed by atoms with Crippen LogP contribution in [0, 0.1) is 0 Å². The molecule has 0 radical (unpaired) electrons. The second-order valence-corrected chi connectivity index (χ2v) is 6.00. The summed E-state index contributed by atoms with van der Waals surface area (Å²) in [5.41, 5.74) is 2.83. The molecule has 0 heterocycles. The second kappa shape index (κ2) is 4.87. The fourth-order valence-corrected chi connectivity index (χ4v) is 4.22. The van der Waals surface area contributed by atoms with Crippen LogP contribution in [0.4, 0.5) is 0 Å². The maximum atomic E-state index is 9.28. The molecule has 1 aromatic rings. The van der Waals surface area contributed by atoms with Crippen LogP contribution in [0.5, 0.6) is 0 Å². The first-order chi connectivity index (χ1) is 5.83. The van der Waals surface area contributed by atoms with Crippen LogP contribution in [0.1, 0.15) is 25.0 Å². The van der Waals surface area contributed by atoms with Crippen molar-refractivity contribution in [3.05, 3.63) is 29.3 Å². The van der Waals surface area contributed by atoms with Gasteiger partial charge in [-0.15, -0.1) is 0 Å². The Balaban J connectivity index is 3.13. The molecule has 0 saturated carbocycles. The molecule has 0 amide bonds. The first-order valence-electron chi connectivity index (χ1n) is 4.54. The summed E-state index contributed by atoms with van der Waals surface area (Å²) in [6.07, 6.45) is 2.15. The third-order valence-electron chi connectivity index (χ3n) is 2.27. The summed E-state index contributed by atoms with van der Waals surface area (Å²) >= 11 is -1.56. The van der Waals surface area contributed by atoms with Crippen LogP contribution in [0.15, 0.2) is 18.2 Å². The Morgan fingerprint density at radius 1 is 1.25 bits per heavy atom. The van der Waals surface area contributed by atoms with E-state index in [-0.39, 0.29) is 0 Å². The van der Waals surface area contributed by atoms with Gasteiger partial charge in [0.2, 0.25) is 0 Å². The van der Waals surface area contributed by atoms with E-state index in [0.29, 0.717) is 0 Å². The molecular weight excluding hydrogens is 255 g/mol. The summed E-state index contributed by atoms with van der Waals surface area (Å²) < 4.78 is 10.6. The molecule has 0 bridgehead atoms. The molecule has 0 atom stereocenters. The van der Waals surface area contributed by atoms with Crippen molar-refractivity contribution in [1.29, 1.82) is 0 Å². The SMILES string of the molecule is CCc1ccc[c]([SnH2][OH])c1CC. The van der Waals surface area contributed by atoms with E-state index in [1.807, 2.05) is 0 Å². The van der Waals surface area contributed by atoms with Gasteiger partial charge in [-0.3, -0.25) is 0 Å². The van der Waals surface area contributed by atoms with E-state index in [2.05, 4.69) is 32.0 Å². The molecule has 66 valence electrons. The van der Waals surface area contributed by atoms with Crippen LogP contribution in [0.3, 0.4) is 0 Å². The molecule has 0 aliphatic carbocycles. The van der Waals surface area contributed by atoms with Gasteiger partial charge in [-0.1, -0.05) is 0 Å². The molecule has 0 unspecified atom stereocenters. The minimum atomic E-state index is -1.56. The third kappa shape index (κ3) is 2.02. The normalized spacial score (nSPS) is 11.2. The Morgan fingerprint density at radius 3 is 2.50 bits per heavy atom. The van der Waals surface area contributed by atoms with Crippen LogP contribution < -0.4 is 3.58 Å². The molecule has 1 rings (SSSR count). The Bertz CT molecular complexity index is 236. The van der Waals surface area contributed by atoms with Gasteiger partial charge in [0.25, 0.3) is 0 Å². The monoisotopic (exact) mass is 272 g/mol. The van der Waals surface area contributed by atoms with Crippen molar-refractivity contribution >= 4 is 25.1 Å². The average molecular weight is 271 g/mol. The Hall–Kier alpha value is -0.0213. The molecule has 0 aliphatic rings. The Labute approximate surface area is 84.6 Å². The fourth-order valence-electron chi connectivity index (χ4n) is 1.62. The van der Waals surface area contributed by atoms with Gasteiger partial charge in [-0.05, 0) is 0 Å². The zero-order valence-electron chi connectivity index (χ0n) is 7.80. The van der Waals surface area contributed by atoms with Crippen molar-refractivity contribution in [2.75, 3.05) is 0 Å². The maximum absolute atomic E-state index is 9.28. The molecule has 1 N–H and O–H groups in total. The number of aryl methyl sites for hydroxylation is 1. The number of hydrogen-bond acceptors (Lipinski definition) is 1. The van der Waals surface area contributed by atoms with Crippen LogP contribution in [0.25, 0.3) is 0 Å². The van der Waals surface area contributed by atoms with E-state index in [1.165, 1.54) is 14.7 Å². The number of benzene rings is 1. The Morgan fingerprint density at radius 2 is 2.00 bits per heavy atom. The van der Waals surface area contributed by atoms with E-state index in [1.54, 1.807) is 0 Å². The Kier molecular flexibility index (Phi) is 4.09. The van der Waals surface area contributed by atoms with E-state index < -0.39 is 21.6 Å². The molecule has 0 aromatic heterocycles. The summed E-state index contributed by atoms with van der Waals surface area (Å²) in [6, 6.07) is 6.33. The molecule has 12 heavy (non-hydrogen) atoms. The van der Waals surface area contributed by atoms with E-state index in [9.17, 15) is 3.44 Å². The summed E-state index contributed by atoms with van der Waals surface area (Å²) in [5, 5.41) is 0. The quantitative estimate of drug-likeness (QED) is 0.794. The molecule has 0 saturated heterocycles. The molecule has 0 spiro atoms. The van der Waals surface area contributed by atoms with Gasteiger partial charge in [-0.2, -0.15) is 0 Å². The van der Waals surface area contributed by atoms with E-state index in [0.717, 1.165) is 12.8 Å². The topological polar surface area (TPSA) is 20.2 Å². The first-order valence-corrected chi connectivity index (χ1v) is 8.36. The number of rotatable bonds is 3. The van der Waals surface area contributed by atoms with Crippen LogP contribution in [-0.4, -0.2) is 25.0 Å². The first kappa shape index (κ1) is 10.1. The van der Waals surface area contributed by atoms with Gasteiger partial charge >= 0.3 is 84.6 Å². The average Bonchev–Trinajstić information content (AvgIpc) is 2.16. The predicted octanol–water partition coefficient (Wildman–Crippen LogP) is 0.513. The van der Waals surface area contributed by atoms with Gasteiger partial charge in [0.15, 0.2) is 0 Å². The minimum absolute atomic E-state index is 1.07. The molecule has 0 aliphatic heterocycles. The van der Waals surface area contributed by atoms with Crippen molar-refractivity contribution in [3.8, 4) is 0 Å². The zero-order valence-corrected chi connectivity index (χ0v) is 11.8.